The van der Waals surface area contributed by atoms with Gasteiger partial charge in [-0.1, -0.05) is 0 Å². The average molecular weight is 181 g/mol. The molecule has 0 fully saturated rings. The first-order chi connectivity index (χ1) is 6.15. The summed E-state index contributed by atoms with van der Waals surface area (Å²) in [6, 6.07) is 0. The van der Waals surface area contributed by atoms with Crippen molar-refractivity contribution < 1.29 is 5.11 Å². The molecule has 0 aliphatic heterocycles. The maximum atomic E-state index is 9.23. The van der Waals surface area contributed by atoms with Crippen LogP contribution in [0, 0.1) is 0 Å². The fourth-order valence-electron chi connectivity index (χ4n) is 2.01. The lowest BCUT2D eigenvalue weighted by molar-refractivity contribution is 0.174. The van der Waals surface area contributed by atoms with Gasteiger partial charge in [0, 0.05) is 13.2 Å². The van der Waals surface area contributed by atoms with E-state index in [9.17, 15) is 5.11 Å². The smallest absolute Gasteiger partial charge is 0.0878 e. The van der Waals surface area contributed by atoms with Crippen molar-refractivity contribution in [3.8, 4) is 0 Å². The first kappa shape index (κ1) is 8.72. The monoisotopic (exact) mass is 181 g/mol. The highest BCUT2D eigenvalue weighted by atomic mass is 16.3. The van der Waals surface area contributed by atoms with Crippen LogP contribution in [-0.2, 0) is 19.0 Å². The first-order valence-corrected chi connectivity index (χ1v) is 4.58. The molecular formula is C9H15N3O. The Balaban J connectivity index is 2.47. The standard InChI is InChI=1S/C9H15N3O/c1-12-5-7-3-2-4-9(10,6-13)8(7)11-12/h5,13H,2-4,6,10H2,1H3. The second-order valence-electron chi connectivity index (χ2n) is 3.84. The lowest BCUT2D eigenvalue weighted by Gasteiger charge is -2.30. The molecule has 4 nitrogen and oxygen atoms in total. The fraction of sp³-hybridized carbons (Fsp3) is 0.667. The Morgan fingerprint density at radius 2 is 2.54 bits per heavy atom. The van der Waals surface area contributed by atoms with Crippen LogP contribution in [0.4, 0.5) is 0 Å². The number of rotatable bonds is 1. The summed E-state index contributed by atoms with van der Waals surface area (Å²) in [5.41, 5.74) is 7.52. The van der Waals surface area contributed by atoms with Crippen molar-refractivity contribution in [2.24, 2.45) is 12.8 Å². The summed E-state index contributed by atoms with van der Waals surface area (Å²) in [6.45, 7) is -0.0169. The largest absolute Gasteiger partial charge is 0.394 e. The molecule has 0 aromatic carbocycles. The van der Waals surface area contributed by atoms with Crippen LogP contribution >= 0.6 is 0 Å². The summed E-state index contributed by atoms with van der Waals surface area (Å²) in [7, 11) is 1.89. The number of aliphatic hydroxyl groups is 1. The van der Waals surface area contributed by atoms with Gasteiger partial charge in [-0.2, -0.15) is 5.10 Å². The normalized spacial score (nSPS) is 27.3. The molecule has 0 radical (unpaired) electrons. The summed E-state index contributed by atoms with van der Waals surface area (Å²) < 4.78 is 1.77. The van der Waals surface area contributed by atoms with Crippen LogP contribution in [0.25, 0.3) is 0 Å². The molecular weight excluding hydrogens is 166 g/mol. The summed E-state index contributed by atoms with van der Waals surface area (Å²) >= 11 is 0. The molecule has 1 aliphatic rings. The lowest BCUT2D eigenvalue weighted by atomic mass is 9.82. The van der Waals surface area contributed by atoms with E-state index in [4.69, 9.17) is 5.73 Å². The minimum Gasteiger partial charge on any atom is -0.394 e. The van der Waals surface area contributed by atoms with Gasteiger partial charge in [-0.25, -0.2) is 0 Å². The number of aliphatic hydroxyl groups excluding tert-OH is 1. The van der Waals surface area contributed by atoms with Gasteiger partial charge >= 0.3 is 0 Å². The third-order valence-electron chi connectivity index (χ3n) is 2.73. The van der Waals surface area contributed by atoms with Gasteiger partial charge in [-0.3, -0.25) is 4.68 Å². The number of nitrogens with two attached hydrogens (primary N) is 1. The van der Waals surface area contributed by atoms with Gasteiger partial charge in [-0.15, -0.1) is 0 Å². The van der Waals surface area contributed by atoms with E-state index < -0.39 is 5.54 Å². The number of aromatic nitrogens is 2. The minimum absolute atomic E-state index is 0.0169. The van der Waals surface area contributed by atoms with Crippen LogP contribution in [0.3, 0.4) is 0 Å². The maximum absolute atomic E-state index is 9.23. The van der Waals surface area contributed by atoms with Gasteiger partial charge in [0.1, 0.15) is 0 Å². The molecule has 1 aromatic heterocycles. The van der Waals surface area contributed by atoms with Gasteiger partial charge in [0.15, 0.2) is 0 Å². The van der Waals surface area contributed by atoms with E-state index in [1.54, 1.807) is 4.68 Å². The van der Waals surface area contributed by atoms with Crippen molar-refractivity contribution in [2.45, 2.75) is 24.8 Å². The van der Waals surface area contributed by atoms with Crippen LogP contribution in [-0.4, -0.2) is 21.5 Å². The second kappa shape index (κ2) is 2.82. The van der Waals surface area contributed by atoms with E-state index in [1.165, 1.54) is 5.56 Å². The Morgan fingerprint density at radius 3 is 3.23 bits per heavy atom. The van der Waals surface area contributed by atoms with Crippen molar-refractivity contribution in [1.82, 2.24) is 9.78 Å². The SMILES string of the molecule is Cn1cc2c(n1)C(N)(CO)CCC2. The van der Waals surface area contributed by atoms with Crippen LogP contribution in [0.5, 0.6) is 0 Å². The Morgan fingerprint density at radius 1 is 1.77 bits per heavy atom. The summed E-state index contributed by atoms with van der Waals surface area (Å²) in [5.74, 6) is 0. The Labute approximate surface area is 77.4 Å². The minimum atomic E-state index is -0.602. The summed E-state index contributed by atoms with van der Waals surface area (Å²) in [6.07, 6.45) is 4.89. The highest BCUT2D eigenvalue weighted by Gasteiger charge is 2.34. The number of nitrogens with zero attached hydrogens (tertiary/aromatic N) is 2. The van der Waals surface area contributed by atoms with Gasteiger partial charge in [-0.05, 0) is 24.8 Å². The van der Waals surface area contributed by atoms with Gasteiger partial charge in [0.05, 0.1) is 17.8 Å². The fourth-order valence-corrected chi connectivity index (χ4v) is 2.01. The van der Waals surface area contributed by atoms with E-state index in [0.29, 0.717) is 0 Å². The Hall–Kier alpha value is -0.870. The molecule has 1 heterocycles. The highest BCUT2D eigenvalue weighted by molar-refractivity contribution is 5.28. The van der Waals surface area contributed by atoms with Crippen molar-refractivity contribution in [3.05, 3.63) is 17.5 Å². The lowest BCUT2D eigenvalue weighted by Crippen LogP contribution is -2.43. The van der Waals surface area contributed by atoms with Crippen LogP contribution in [0.1, 0.15) is 24.1 Å². The first-order valence-electron chi connectivity index (χ1n) is 4.58. The second-order valence-corrected chi connectivity index (χ2v) is 3.84. The van der Waals surface area contributed by atoms with Crippen molar-refractivity contribution >= 4 is 0 Å². The zero-order valence-corrected chi connectivity index (χ0v) is 7.82. The molecule has 1 atom stereocenters. The molecule has 4 heteroatoms. The topological polar surface area (TPSA) is 64.1 Å². The molecule has 2 rings (SSSR count). The molecule has 3 N–H and O–H groups in total. The van der Waals surface area contributed by atoms with E-state index in [2.05, 4.69) is 5.10 Å². The number of hydrogen-bond donors (Lipinski definition) is 2. The average Bonchev–Trinajstić information content (AvgIpc) is 2.48. The molecule has 0 saturated heterocycles. The van der Waals surface area contributed by atoms with E-state index in [-0.39, 0.29) is 6.61 Å². The van der Waals surface area contributed by atoms with Crippen molar-refractivity contribution in [2.75, 3.05) is 6.61 Å². The molecule has 1 unspecified atom stereocenters. The van der Waals surface area contributed by atoms with Crippen molar-refractivity contribution in [1.29, 1.82) is 0 Å². The zero-order chi connectivity index (χ0) is 9.47. The molecule has 0 saturated carbocycles. The number of aryl methyl sites for hydroxylation is 2. The van der Waals surface area contributed by atoms with Crippen molar-refractivity contribution in [3.63, 3.8) is 0 Å². The quantitative estimate of drug-likeness (QED) is 0.636. The predicted octanol–water partition coefficient (Wildman–Crippen LogP) is -0.0973. The van der Waals surface area contributed by atoms with Gasteiger partial charge in [0.25, 0.3) is 0 Å². The molecule has 72 valence electrons. The Kier molecular flexibility index (Phi) is 1.89. The van der Waals surface area contributed by atoms with E-state index in [1.807, 2.05) is 13.2 Å². The van der Waals surface area contributed by atoms with Gasteiger partial charge < -0.3 is 10.8 Å². The third kappa shape index (κ3) is 1.26. The molecule has 1 aromatic rings. The third-order valence-corrected chi connectivity index (χ3v) is 2.73. The van der Waals surface area contributed by atoms with Gasteiger partial charge in [0.2, 0.25) is 0 Å². The van der Waals surface area contributed by atoms with Crippen LogP contribution in [0.2, 0.25) is 0 Å². The molecule has 0 spiro atoms. The summed E-state index contributed by atoms with van der Waals surface area (Å²) in [5, 5.41) is 13.5. The molecule has 13 heavy (non-hydrogen) atoms. The summed E-state index contributed by atoms with van der Waals surface area (Å²) in [4.78, 5) is 0. The molecule has 0 bridgehead atoms. The molecule has 1 aliphatic carbocycles. The predicted molar refractivity (Wildman–Crippen MR) is 49.1 cm³/mol. The van der Waals surface area contributed by atoms with Crippen LogP contribution in [0.15, 0.2) is 6.20 Å². The maximum Gasteiger partial charge on any atom is 0.0878 e. The zero-order valence-electron chi connectivity index (χ0n) is 7.82. The van der Waals surface area contributed by atoms with E-state index >= 15 is 0 Å². The van der Waals surface area contributed by atoms with Crippen LogP contribution < -0.4 is 5.73 Å². The number of hydrogen-bond acceptors (Lipinski definition) is 3. The molecule has 0 amide bonds. The number of fused-ring (bicyclic) bond motifs is 1. The Bertz CT molecular complexity index is 321. The highest BCUT2D eigenvalue weighted by Crippen LogP contribution is 2.31. The van der Waals surface area contributed by atoms with E-state index in [0.717, 1.165) is 25.0 Å².